The quantitative estimate of drug-likeness (QED) is 0.411. The zero-order valence-corrected chi connectivity index (χ0v) is 19.2. The second-order valence-corrected chi connectivity index (χ2v) is 9.92. The molecule has 6 nitrogen and oxygen atoms in total. The third kappa shape index (κ3) is 3.50. The van der Waals surface area contributed by atoms with Crippen LogP contribution >= 0.6 is 0 Å². The molecule has 6 rings (SSSR count). The number of carboxylic acid groups (broad SMARTS) is 1. The Morgan fingerprint density at radius 3 is 2.76 bits per heavy atom. The number of aromatic amines is 1. The molecular formula is C27H28FN3O3. The molecule has 0 radical (unpaired) electrons. The van der Waals surface area contributed by atoms with Gasteiger partial charge in [0.25, 0.3) is 0 Å². The fraction of sp³-hybridized carbons (Fsp3) is 0.407. The average Bonchev–Trinajstić information content (AvgIpc) is 3.38. The van der Waals surface area contributed by atoms with Gasteiger partial charge in [0.2, 0.25) is 0 Å². The Morgan fingerprint density at radius 1 is 1.24 bits per heavy atom. The first-order valence-electron chi connectivity index (χ1n) is 12.1. The van der Waals surface area contributed by atoms with Gasteiger partial charge in [0, 0.05) is 41.3 Å². The Labute approximate surface area is 196 Å². The molecule has 34 heavy (non-hydrogen) atoms. The Morgan fingerprint density at radius 2 is 2.03 bits per heavy atom. The van der Waals surface area contributed by atoms with Crippen LogP contribution in [0, 0.1) is 24.6 Å². The molecule has 2 aromatic heterocycles. The van der Waals surface area contributed by atoms with Crippen LogP contribution in [0.15, 0.2) is 36.5 Å². The predicted octanol–water partition coefficient (Wildman–Crippen LogP) is 5.50. The molecule has 0 unspecified atom stereocenters. The summed E-state index contributed by atoms with van der Waals surface area (Å²) in [7, 11) is 0. The van der Waals surface area contributed by atoms with Gasteiger partial charge in [-0.3, -0.25) is 9.89 Å². The molecule has 0 atom stereocenters. The molecule has 1 aliphatic heterocycles. The summed E-state index contributed by atoms with van der Waals surface area (Å²) >= 11 is 0. The summed E-state index contributed by atoms with van der Waals surface area (Å²) in [6.07, 6.45) is 5.99. The maximum absolute atomic E-state index is 14.2. The summed E-state index contributed by atoms with van der Waals surface area (Å²) in [5, 5.41) is 18.9. The number of aryl methyl sites for hydroxylation is 1. The predicted molar refractivity (Wildman–Crippen MR) is 128 cm³/mol. The van der Waals surface area contributed by atoms with Gasteiger partial charge >= 0.3 is 5.97 Å². The number of carbonyl (C=O) groups is 1. The van der Waals surface area contributed by atoms with Gasteiger partial charge in [0.15, 0.2) is 0 Å². The van der Waals surface area contributed by atoms with Crippen LogP contribution < -0.4 is 0 Å². The molecule has 4 aromatic rings. The first-order valence-corrected chi connectivity index (χ1v) is 12.1. The molecule has 1 saturated heterocycles. The molecule has 2 N–H and O–H groups in total. The summed E-state index contributed by atoms with van der Waals surface area (Å²) < 4.78 is 22.2. The van der Waals surface area contributed by atoms with E-state index in [0.29, 0.717) is 17.4 Å². The fourth-order valence-electron chi connectivity index (χ4n) is 5.86. The second kappa shape index (κ2) is 8.24. The maximum Gasteiger partial charge on any atom is 0.306 e. The van der Waals surface area contributed by atoms with E-state index in [-0.39, 0.29) is 11.7 Å². The largest absolute Gasteiger partial charge is 0.481 e. The number of nitrogens with one attached hydrogen (secondary N) is 1. The van der Waals surface area contributed by atoms with Gasteiger partial charge in [-0.15, -0.1) is 0 Å². The van der Waals surface area contributed by atoms with Gasteiger partial charge in [-0.1, -0.05) is 0 Å². The minimum atomic E-state index is -0.690. The molecule has 0 spiro atoms. The van der Waals surface area contributed by atoms with Crippen LogP contribution in [0.1, 0.15) is 48.4 Å². The number of aromatic nitrogens is 3. The van der Waals surface area contributed by atoms with Crippen LogP contribution in [0.3, 0.4) is 0 Å². The number of hydrogen-bond donors (Lipinski definition) is 2. The third-order valence-corrected chi connectivity index (χ3v) is 7.76. The number of nitrogens with zero attached hydrogens (tertiary/aromatic N) is 2. The van der Waals surface area contributed by atoms with E-state index < -0.39 is 5.97 Å². The summed E-state index contributed by atoms with van der Waals surface area (Å²) in [6, 6.07) is 9.67. The number of carboxylic acids is 1. The van der Waals surface area contributed by atoms with E-state index in [9.17, 15) is 14.3 Å². The van der Waals surface area contributed by atoms with Crippen molar-refractivity contribution in [3.8, 4) is 5.69 Å². The summed E-state index contributed by atoms with van der Waals surface area (Å²) in [5.41, 5.74) is 6.20. The van der Waals surface area contributed by atoms with E-state index in [1.54, 1.807) is 13.0 Å². The van der Waals surface area contributed by atoms with Crippen LogP contribution in [0.2, 0.25) is 0 Å². The van der Waals surface area contributed by atoms with Crippen LogP contribution in [0.5, 0.6) is 0 Å². The van der Waals surface area contributed by atoms with Gasteiger partial charge in [-0.25, -0.2) is 4.39 Å². The highest BCUT2D eigenvalue weighted by atomic mass is 19.1. The van der Waals surface area contributed by atoms with Crippen molar-refractivity contribution in [2.45, 2.75) is 44.9 Å². The number of aliphatic carboxylic acids is 1. The highest BCUT2D eigenvalue weighted by Crippen LogP contribution is 2.44. The smallest absolute Gasteiger partial charge is 0.306 e. The lowest BCUT2D eigenvalue weighted by Gasteiger charge is -2.33. The highest BCUT2D eigenvalue weighted by molar-refractivity contribution is 5.98. The Balaban J connectivity index is 1.58. The summed E-state index contributed by atoms with van der Waals surface area (Å²) in [5.74, 6) is -0.452. The summed E-state index contributed by atoms with van der Waals surface area (Å²) in [4.78, 5) is 11.4. The van der Waals surface area contributed by atoms with E-state index >= 15 is 0 Å². The molecule has 3 heterocycles. The minimum Gasteiger partial charge on any atom is -0.481 e. The zero-order valence-electron chi connectivity index (χ0n) is 19.2. The standard InChI is InChI=1S/C27H28FN3O3/c1-15-8-20(2-3-23(15)28)31-25-12-19-14-29-30-24(19)13-21(25)22(11-16-9-18(10-16)27(32)33)26(31)17-4-6-34-7-5-17/h2-3,8,12-14,16-18H,4-7,9-11H2,1H3,(H,29,30)(H,32,33)/t16-,18-. The van der Waals surface area contributed by atoms with E-state index in [0.717, 1.165) is 67.4 Å². The van der Waals surface area contributed by atoms with Crippen molar-refractivity contribution >= 4 is 27.8 Å². The van der Waals surface area contributed by atoms with Gasteiger partial charge < -0.3 is 14.4 Å². The molecule has 2 aliphatic rings. The van der Waals surface area contributed by atoms with E-state index in [4.69, 9.17) is 4.74 Å². The lowest BCUT2D eigenvalue weighted by molar-refractivity contribution is -0.146. The highest BCUT2D eigenvalue weighted by Gasteiger charge is 2.36. The lowest BCUT2D eigenvalue weighted by atomic mass is 9.71. The normalized spacial score (nSPS) is 21.2. The first-order chi connectivity index (χ1) is 16.5. The number of halogens is 1. The van der Waals surface area contributed by atoms with Crippen LogP contribution in [-0.4, -0.2) is 39.1 Å². The van der Waals surface area contributed by atoms with Gasteiger partial charge in [-0.2, -0.15) is 5.10 Å². The first kappa shape index (κ1) is 21.4. The topological polar surface area (TPSA) is 80.1 Å². The van der Waals surface area contributed by atoms with Crippen LogP contribution in [0.4, 0.5) is 4.39 Å². The molecule has 1 aliphatic carbocycles. The SMILES string of the molecule is Cc1cc(-n2c(C3CCOCC3)c(C[C@H]3C[C@H](C(=O)O)C3)c3cc4[nH]ncc4cc32)ccc1F. The van der Waals surface area contributed by atoms with Crippen LogP contribution in [-0.2, 0) is 16.0 Å². The average molecular weight is 462 g/mol. The lowest BCUT2D eigenvalue weighted by Crippen LogP contribution is -2.31. The van der Waals surface area contributed by atoms with E-state index in [2.05, 4.69) is 26.9 Å². The third-order valence-electron chi connectivity index (χ3n) is 7.76. The number of ether oxygens (including phenoxy) is 1. The van der Waals surface area contributed by atoms with Gasteiger partial charge in [0.1, 0.15) is 5.82 Å². The fourth-order valence-corrected chi connectivity index (χ4v) is 5.86. The molecule has 2 fully saturated rings. The Kier molecular flexibility index (Phi) is 5.17. The number of fused-ring (bicyclic) bond motifs is 2. The summed E-state index contributed by atoms with van der Waals surface area (Å²) in [6.45, 7) is 3.25. The Hall–Kier alpha value is -3.19. The molecule has 0 bridgehead atoms. The number of hydrogen-bond acceptors (Lipinski definition) is 3. The molecule has 7 heteroatoms. The second-order valence-electron chi connectivity index (χ2n) is 9.92. The molecular weight excluding hydrogens is 433 g/mol. The number of rotatable bonds is 5. The number of benzene rings is 2. The molecule has 2 aromatic carbocycles. The van der Waals surface area contributed by atoms with Crippen molar-refractivity contribution < 1.29 is 19.0 Å². The van der Waals surface area contributed by atoms with E-state index in [1.807, 2.05) is 18.3 Å². The molecule has 0 amide bonds. The van der Waals surface area contributed by atoms with Crippen molar-refractivity contribution in [3.05, 3.63) is 59.2 Å². The van der Waals surface area contributed by atoms with Crippen molar-refractivity contribution in [1.82, 2.24) is 14.8 Å². The van der Waals surface area contributed by atoms with Gasteiger partial charge in [-0.05, 0) is 86.4 Å². The van der Waals surface area contributed by atoms with Crippen molar-refractivity contribution in [3.63, 3.8) is 0 Å². The van der Waals surface area contributed by atoms with Crippen LogP contribution in [0.25, 0.3) is 27.5 Å². The maximum atomic E-state index is 14.2. The van der Waals surface area contributed by atoms with Crippen molar-refractivity contribution in [1.29, 1.82) is 0 Å². The monoisotopic (exact) mass is 461 g/mol. The zero-order chi connectivity index (χ0) is 23.4. The van der Waals surface area contributed by atoms with Crippen molar-refractivity contribution in [2.24, 2.45) is 11.8 Å². The Bertz CT molecular complexity index is 1390. The van der Waals surface area contributed by atoms with Gasteiger partial charge in [0.05, 0.1) is 23.1 Å². The minimum absolute atomic E-state index is 0.209. The molecule has 176 valence electrons. The van der Waals surface area contributed by atoms with E-state index in [1.165, 1.54) is 16.6 Å². The molecule has 1 saturated carbocycles. The van der Waals surface area contributed by atoms with Crippen molar-refractivity contribution in [2.75, 3.05) is 13.2 Å². The number of H-pyrrole nitrogens is 1.